The zero-order valence-corrected chi connectivity index (χ0v) is 36.1. The van der Waals surface area contributed by atoms with Gasteiger partial charge >= 0.3 is 24.3 Å². The van der Waals surface area contributed by atoms with Gasteiger partial charge in [-0.3, -0.25) is 19.4 Å². The van der Waals surface area contributed by atoms with Crippen molar-refractivity contribution in [2.75, 3.05) is 99.5 Å². The normalized spacial score (nSPS) is 14.0. The molecule has 12 nitrogen and oxygen atoms in total. The molecule has 0 aliphatic carbocycles. The number of rotatable bonds is 14. The van der Waals surface area contributed by atoms with E-state index in [1.165, 1.54) is 7.06 Å². The molecule has 1 amide bonds. The van der Waals surface area contributed by atoms with E-state index in [1.807, 2.05) is 4.90 Å². The van der Waals surface area contributed by atoms with Gasteiger partial charge in [0.1, 0.15) is 0 Å². The fourth-order valence-electron chi connectivity index (χ4n) is 5.57. The summed E-state index contributed by atoms with van der Waals surface area (Å²) in [4.78, 5) is 52.6. The van der Waals surface area contributed by atoms with Crippen LogP contribution in [0.25, 0.3) is 0 Å². The third-order valence-electron chi connectivity index (χ3n) is 8.75. The third kappa shape index (κ3) is 24.3. The quantitative estimate of drug-likeness (QED) is 0.0705. The standard InChI is InChI=1S/C19H24F3N3O3.C16H22F3N3O2.C3H3ClO.B5.B/c1-3-17(26)23-16-13-14(5-6-15(16)18(27)28-4-2)25-11-9-24(10-12-25)8-7-19(20,21)22;1-2-24-15(23)13-4-3-12(11-14(13)20)22-9-7-21(8-10-22)6-5-16(17,18)19;1-2-3(4)5;1-4-5(2)3;/h3,5-6,13H,1,4,7-12H2,2H3,(H,23,26);3-4,11H,2,5-10,20H2,1H3;2H,1H2;;. The van der Waals surface area contributed by atoms with Crippen molar-refractivity contribution >= 4 is 103 Å². The lowest BCUT2D eigenvalue weighted by molar-refractivity contribution is -0.139. The first kappa shape index (κ1) is 58.6. The maximum Gasteiger partial charge on any atom is 0.390 e. The monoisotopic (exact) mass is 900 g/mol. The van der Waals surface area contributed by atoms with Crippen LogP contribution in [0.1, 0.15) is 47.4 Å². The summed E-state index contributed by atoms with van der Waals surface area (Å²) in [6.07, 6.45) is -8.20. The minimum absolute atomic E-state index is 0. The Balaban J connectivity index is 0.000000997. The first-order chi connectivity index (χ1) is 29.1. The minimum Gasteiger partial charge on any atom is -0.462 e. The van der Waals surface area contributed by atoms with Crippen molar-refractivity contribution in [3.05, 3.63) is 72.8 Å². The fourth-order valence-corrected chi connectivity index (χ4v) is 5.57. The fraction of sp³-hybridized carbons (Fsp3) is 0.474. The number of esters is 2. The number of anilines is 4. The summed E-state index contributed by atoms with van der Waals surface area (Å²) in [6.45, 7) is 14.9. The number of nitrogens with one attached hydrogen (secondary N) is 1. The number of halogens is 7. The molecule has 2 fully saturated rings. The van der Waals surface area contributed by atoms with Gasteiger partial charge in [0.25, 0.3) is 0 Å². The molecule has 3 N–H and O–H groups in total. The third-order valence-corrected chi connectivity index (χ3v) is 8.91. The summed E-state index contributed by atoms with van der Waals surface area (Å²) in [6, 6.07) is 10.1. The molecule has 2 aromatic rings. The van der Waals surface area contributed by atoms with Crippen LogP contribution < -0.4 is 20.9 Å². The van der Waals surface area contributed by atoms with Crippen molar-refractivity contribution < 1.29 is 55.0 Å². The van der Waals surface area contributed by atoms with Crippen molar-refractivity contribution in [2.24, 2.45) is 0 Å². The van der Waals surface area contributed by atoms with Crippen LogP contribution in [-0.2, 0) is 19.1 Å². The van der Waals surface area contributed by atoms with Crippen LogP contribution in [0.5, 0.6) is 0 Å². The van der Waals surface area contributed by atoms with Gasteiger partial charge in [0.2, 0.25) is 11.1 Å². The van der Waals surface area contributed by atoms with Gasteiger partial charge in [-0.05, 0) is 74.0 Å². The Hall–Kier alpha value is -4.42. The maximum absolute atomic E-state index is 12.4. The number of benzene rings is 2. The molecule has 0 bridgehead atoms. The van der Waals surface area contributed by atoms with Gasteiger partial charge < -0.3 is 30.3 Å². The number of allylic oxidation sites excluding steroid dienone is 1. The molecule has 2 aliphatic rings. The Kier molecular flexibility index (Phi) is 27.8. The molecule has 4 rings (SSSR count). The van der Waals surface area contributed by atoms with E-state index in [-0.39, 0.29) is 40.3 Å². The number of hydrogen-bond acceptors (Lipinski definition) is 11. The van der Waals surface area contributed by atoms with E-state index in [9.17, 15) is 45.5 Å². The number of amides is 1. The zero-order chi connectivity index (χ0) is 47.0. The predicted molar refractivity (Wildman–Crippen MR) is 242 cm³/mol. The molecule has 334 valence electrons. The van der Waals surface area contributed by atoms with Crippen LogP contribution >= 0.6 is 11.6 Å². The summed E-state index contributed by atoms with van der Waals surface area (Å²) < 4.78 is 83.9. The van der Waals surface area contributed by atoms with E-state index < -0.39 is 54.7 Å². The molecule has 0 unspecified atom stereocenters. The average Bonchev–Trinajstić information content (AvgIpc) is 3.22. The van der Waals surface area contributed by atoms with Gasteiger partial charge in [-0.15, -0.1) is 0 Å². The molecule has 63 heavy (non-hydrogen) atoms. The highest BCUT2D eigenvalue weighted by molar-refractivity contribution is 7.60. The highest BCUT2D eigenvalue weighted by Crippen LogP contribution is 2.28. The Morgan fingerprint density at radius 2 is 1.16 bits per heavy atom. The topological polar surface area (TPSA) is 138 Å². The highest BCUT2D eigenvalue weighted by Gasteiger charge is 2.30. The van der Waals surface area contributed by atoms with Crippen LogP contribution in [0.4, 0.5) is 49.1 Å². The minimum atomic E-state index is -4.15. The molecule has 0 aromatic heterocycles. The Labute approximate surface area is 377 Å². The number of ether oxygens (including phenoxy) is 2. The van der Waals surface area contributed by atoms with E-state index in [0.717, 1.165) is 23.5 Å². The number of nitrogen functional groups attached to an aromatic ring is 1. The molecule has 0 atom stereocenters. The average molecular weight is 900 g/mol. The summed E-state index contributed by atoms with van der Waals surface area (Å²) in [7, 11) is 15.8. The molecule has 2 aliphatic heterocycles. The lowest BCUT2D eigenvalue weighted by Crippen LogP contribution is -2.47. The van der Waals surface area contributed by atoms with Gasteiger partial charge in [-0.2, -0.15) is 26.3 Å². The van der Waals surface area contributed by atoms with Gasteiger partial charge in [-0.1, -0.05) is 13.2 Å². The predicted octanol–water partition coefficient (Wildman–Crippen LogP) is 4.24. The van der Waals surface area contributed by atoms with Crippen molar-refractivity contribution in [1.82, 2.24) is 9.80 Å². The highest BCUT2D eigenvalue weighted by atomic mass is 35.5. The zero-order valence-electron chi connectivity index (χ0n) is 35.4. The number of alkyl halides is 6. The van der Waals surface area contributed by atoms with E-state index in [0.29, 0.717) is 69.3 Å². The van der Waals surface area contributed by atoms with E-state index in [4.69, 9.17) is 50.0 Å². The second-order valence-corrected chi connectivity index (χ2v) is 13.7. The smallest absolute Gasteiger partial charge is 0.390 e. The van der Waals surface area contributed by atoms with Gasteiger partial charge in [-0.25, -0.2) is 9.59 Å². The Bertz CT molecular complexity index is 1760. The Morgan fingerprint density at radius 3 is 1.49 bits per heavy atom. The van der Waals surface area contributed by atoms with E-state index in [2.05, 4.69) is 23.4 Å². The number of piperazine rings is 2. The number of nitrogens with two attached hydrogens (primary N) is 1. The van der Waals surface area contributed by atoms with Crippen LogP contribution in [0, 0.1) is 0 Å². The van der Waals surface area contributed by atoms with Crippen molar-refractivity contribution in [2.45, 2.75) is 39.0 Å². The van der Waals surface area contributed by atoms with Crippen LogP contribution in [-0.4, -0.2) is 169 Å². The summed E-state index contributed by atoms with van der Waals surface area (Å²) in [5, 5.41) is 2.10. The first-order valence-corrected chi connectivity index (χ1v) is 19.7. The molecule has 2 aromatic carbocycles. The van der Waals surface area contributed by atoms with Gasteiger partial charge in [0.05, 0.1) is 42.9 Å². The second-order valence-electron chi connectivity index (χ2n) is 13.3. The lowest BCUT2D eigenvalue weighted by Gasteiger charge is -2.36. The van der Waals surface area contributed by atoms with Crippen molar-refractivity contribution in [3.63, 3.8) is 0 Å². The molecule has 25 heteroatoms. The van der Waals surface area contributed by atoms with Crippen molar-refractivity contribution in [1.29, 1.82) is 0 Å². The summed E-state index contributed by atoms with van der Waals surface area (Å²) >= 11 is 4.71. The SMILES string of the molecule is C=CC(=O)Cl.C=CC(=O)Nc1cc(N2CCN(CCC(F)(F)F)CC2)ccc1C(=O)OCC.CCOC(=O)c1ccc(N2CCN(CCC(F)(F)F)CC2)cc1N.[B].[B][B]B([B])[B]. The number of carbonyl (C=O) groups excluding carboxylic acids is 4. The first-order valence-electron chi connectivity index (χ1n) is 19.3. The molecule has 10 radical (unpaired) electrons. The largest absolute Gasteiger partial charge is 0.462 e. The van der Waals surface area contributed by atoms with E-state index >= 15 is 0 Å². The molecular formula is C38H49B6ClF6N6O6. The van der Waals surface area contributed by atoms with Gasteiger partial charge in [0.15, 0.2) is 0 Å². The van der Waals surface area contributed by atoms with Crippen LogP contribution in [0.3, 0.4) is 0 Å². The number of nitrogens with zero attached hydrogens (tertiary/aromatic N) is 4. The lowest BCUT2D eigenvalue weighted by atomic mass is 8.97. The summed E-state index contributed by atoms with van der Waals surface area (Å²) in [5.41, 5.74) is 8.74. The Morgan fingerprint density at radius 1 is 0.778 bits per heavy atom. The van der Waals surface area contributed by atoms with Crippen LogP contribution in [0.15, 0.2) is 61.7 Å². The van der Waals surface area contributed by atoms with Gasteiger partial charge in [0, 0.05) is 128 Å². The van der Waals surface area contributed by atoms with E-state index in [1.54, 1.807) is 60.0 Å². The molecular weight excluding hydrogens is 851 g/mol. The molecule has 0 saturated carbocycles. The summed E-state index contributed by atoms with van der Waals surface area (Å²) in [5.74, 6) is -1.47. The van der Waals surface area contributed by atoms with Crippen molar-refractivity contribution in [3.8, 4) is 0 Å². The second kappa shape index (κ2) is 29.9. The maximum atomic E-state index is 12.4. The molecule has 0 spiro atoms. The van der Waals surface area contributed by atoms with Crippen LogP contribution in [0.2, 0.25) is 0 Å². The number of hydrogen-bond donors (Lipinski definition) is 2. The molecule has 2 saturated heterocycles. The molecule has 2 heterocycles. The number of carbonyl (C=O) groups is 4.